The SMILES string of the molecule is CN=C(NCc1ccc(F)c(C)c1)NCc1ccc(OC)c(C)c1.I. The second-order valence-corrected chi connectivity index (χ2v) is 5.67. The van der Waals surface area contributed by atoms with Crippen LogP contribution in [0.3, 0.4) is 0 Å². The Morgan fingerprint density at radius 2 is 1.56 bits per heavy atom. The highest BCUT2D eigenvalue weighted by atomic mass is 127. The lowest BCUT2D eigenvalue weighted by Crippen LogP contribution is -2.36. The minimum atomic E-state index is -0.184. The van der Waals surface area contributed by atoms with Gasteiger partial charge in [-0.3, -0.25) is 4.99 Å². The number of hydrogen-bond donors (Lipinski definition) is 2. The van der Waals surface area contributed by atoms with Crippen molar-refractivity contribution in [1.82, 2.24) is 10.6 Å². The van der Waals surface area contributed by atoms with E-state index in [2.05, 4.69) is 21.7 Å². The predicted molar refractivity (Wildman–Crippen MR) is 111 cm³/mol. The van der Waals surface area contributed by atoms with Crippen molar-refractivity contribution in [2.24, 2.45) is 4.99 Å². The van der Waals surface area contributed by atoms with Crippen molar-refractivity contribution >= 4 is 29.9 Å². The monoisotopic (exact) mass is 457 g/mol. The first-order valence-electron chi connectivity index (χ1n) is 7.86. The molecule has 2 aromatic rings. The highest BCUT2D eigenvalue weighted by molar-refractivity contribution is 14.0. The fourth-order valence-electron chi connectivity index (χ4n) is 2.46. The lowest BCUT2D eigenvalue weighted by molar-refractivity contribution is 0.411. The molecule has 0 fully saturated rings. The Hall–Kier alpha value is -1.83. The van der Waals surface area contributed by atoms with Gasteiger partial charge in [0, 0.05) is 20.1 Å². The van der Waals surface area contributed by atoms with Gasteiger partial charge in [0.1, 0.15) is 11.6 Å². The van der Waals surface area contributed by atoms with Gasteiger partial charge in [-0.1, -0.05) is 24.3 Å². The van der Waals surface area contributed by atoms with E-state index < -0.39 is 0 Å². The van der Waals surface area contributed by atoms with Gasteiger partial charge in [0.05, 0.1) is 7.11 Å². The number of aryl methyl sites for hydroxylation is 2. The number of halogens is 2. The number of methoxy groups -OCH3 is 1. The molecule has 0 aliphatic heterocycles. The summed E-state index contributed by atoms with van der Waals surface area (Å²) in [6.07, 6.45) is 0. The van der Waals surface area contributed by atoms with E-state index in [1.165, 1.54) is 6.07 Å². The molecule has 4 nitrogen and oxygen atoms in total. The fourth-order valence-corrected chi connectivity index (χ4v) is 2.46. The summed E-state index contributed by atoms with van der Waals surface area (Å²) in [6, 6.07) is 11.2. The largest absolute Gasteiger partial charge is 0.496 e. The maximum Gasteiger partial charge on any atom is 0.191 e. The first-order chi connectivity index (χ1) is 11.5. The van der Waals surface area contributed by atoms with Gasteiger partial charge in [-0.15, -0.1) is 24.0 Å². The van der Waals surface area contributed by atoms with E-state index in [1.807, 2.05) is 25.1 Å². The number of guanidine groups is 1. The zero-order valence-corrected chi connectivity index (χ0v) is 17.4. The van der Waals surface area contributed by atoms with Gasteiger partial charge in [-0.2, -0.15) is 0 Å². The number of benzene rings is 2. The van der Waals surface area contributed by atoms with Crippen LogP contribution in [0.1, 0.15) is 22.3 Å². The topological polar surface area (TPSA) is 45.7 Å². The van der Waals surface area contributed by atoms with Crippen molar-refractivity contribution in [3.63, 3.8) is 0 Å². The quantitative estimate of drug-likeness (QED) is 0.407. The highest BCUT2D eigenvalue weighted by Crippen LogP contribution is 2.18. The molecule has 0 amide bonds. The molecular weight excluding hydrogens is 432 g/mol. The average molecular weight is 457 g/mol. The molecule has 6 heteroatoms. The number of hydrogen-bond acceptors (Lipinski definition) is 2. The van der Waals surface area contributed by atoms with E-state index in [1.54, 1.807) is 27.1 Å². The van der Waals surface area contributed by atoms with Crippen LogP contribution in [0.15, 0.2) is 41.4 Å². The summed E-state index contributed by atoms with van der Waals surface area (Å²) >= 11 is 0. The van der Waals surface area contributed by atoms with Crippen LogP contribution in [0.25, 0.3) is 0 Å². The molecule has 0 aromatic heterocycles. The Kier molecular flexibility index (Phi) is 8.68. The molecule has 0 saturated carbocycles. The molecule has 2 rings (SSSR count). The van der Waals surface area contributed by atoms with Crippen molar-refractivity contribution in [1.29, 1.82) is 0 Å². The molecule has 0 aliphatic rings. The van der Waals surface area contributed by atoms with Crippen LogP contribution in [0.2, 0.25) is 0 Å². The standard InChI is InChI=1S/C19H24FN3O.HI/c1-13-9-15(5-7-17(13)20)11-22-19(21-3)23-12-16-6-8-18(24-4)14(2)10-16;/h5-10H,11-12H2,1-4H3,(H2,21,22,23);1H. The third kappa shape index (κ3) is 6.19. The maximum absolute atomic E-state index is 13.3. The van der Waals surface area contributed by atoms with Crippen LogP contribution >= 0.6 is 24.0 Å². The molecule has 25 heavy (non-hydrogen) atoms. The third-order valence-electron chi connectivity index (χ3n) is 3.83. The van der Waals surface area contributed by atoms with Crippen LogP contribution in [0.4, 0.5) is 4.39 Å². The second kappa shape index (κ2) is 10.2. The summed E-state index contributed by atoms with van der Waals surface area (Å²) in [5.74, 6) is 1.40. The second-order valence-electron chi connectivity index (χ2n) is 5.67. The number of aliphatic imine (C=N–C) groups is 1. The molecule has 0 unspecified atom stereocenters. The van der Waals surface area contributed by atoms with Crippen molar-refractivity contribution in [3.05, 3.63) is 64.5 Å². The van der Waals surface area contributed by atoms with Gasteiger partial charge in [0.25, 0.3) is 0 Å². The summed E-state index contributed by atoms with van der Waals surface area (Å²) in [5, 5.41) is 6.50. The van der Waals surface area contributed by atoms with Gasteiger partial charge in [-0.05, 0) is 48.2 Å². The lowest BCUT2D eigenvalue weighted by atomic mass is 10.1. The number of ether oxygens (including phenoxy) is 1. The van der Waals surface area contributed by atoms with Crippen LogP contribution < -0.4 is 15.4 Å². The van der Waals surface area contributed by atoms with Crippen molar-refractivity contribution < 1.29 is 9.13 Å². The molecular formula is C19H25FIN3O. The van der Waals surface area contributed by atoms with E-state index in [9.17, 15) is 4.39 Å². The van der Waals surface area contributed by atoms with Gasteiger partial charge < -0.3 is 15.4 Å². The van der Waals surface area contributed by atoms with E-state index in [0.29, 0.717) is 24.6 Å². The van der Waals surface area contributed by atoms with Crippen LogP contribution in [-0.4, -0.2) is 20.1 Å². The van der Waals surface area contributed by atoms with Crippen molar-refractivity contribution in [2.45, 2.75) is 26.9 Å². The Balaban J connectivity index is 0.00000312. The van der Waals surface area contributed by atoms with Crippen LogP contribution in [0.5, 0.6) is 5.75 Å². The van der Waals surface area contributed by atoms with Gasteiger partial charge >= 0.3 is 0 Å². The number of nitrogens with one attached hydrogen (secondary N) is 2. The van der Waals surface area contributed by atoms with Crippen molar-refractivity contribution in [2.75, 3.05) is 14.2 Å². The van der Waals surface area contributed by atoms with E-state index in [0.717, 1.165) is 22.4 Å². The van der Waals surface area contributed by atoms with E-state index >= 15 is 0 Å². The Bertz CT molecular complexity index is 735. The molecule has 0 aliphatic carbocycles. The first kappa shape index (κ1) is 21.2. The molecule has 2 N–H and O–H groups in total. The van der Waals surface area contributed by atoms with Gasteiger partial charge in [0.15, 0.2) is 5.96 Å². The predicted octanol–water partition coefficient (Wildman–Crippen LogP) is 3.93. The Labute approximate surface area is 165 Å². The number of rotatable bonds is 5. The smallest absolute Gasteiger partial charge is 0.191 e. The minimum absolute atomic E-state index is 0. The molecule has 0 heterocycles. The molecule has 0 atom stereocenters. The molecule has 2 aromatic carbocycles. The summed E-state index contributed by atoms with van der Waals surface area (Å²) in [5.41, 5.74) is 3.90. The maximum atomic E-state index is 13.3. The van der Waals surface area contributed by atoms with E-state index in [4.69, 9.17) is 4.74 Å². The zero-order valence-electron chi connectivity index (χ0n) is 15.0. The molecule has 0 radical (unpaired) electrons. The highest BCUT2D eigenvalue weighted by Gasteiger charge is 2.03. The Morgan fingerprint density at radius 3 is 2.04 bits per heavy atom. The fraction of sp³-hybridized carbons (Fsp3) is 0.316. The zero-order chi connectivity index (χ0) is 17.5. The summed E-state index contributed by atoms with van der Waals surface area (Å²) in [6.45, 7) is 5.03. The molecule has 0 bridgehead atoms. The summed E-state index contributed by atoms with van der Waals surface area (Å²) in [7, 11) is 3.40. The normalized spacial score (nSPS) is 10.8. The molecule has 0 saturated heterocycles. The minimum Gasteiger partial charge on any atom is -0.496 e. The Morgan fingerprint density at radius 1 is 1.00 bits per heavy atom. The third-order valence-corrected chi connectivity index (χ3v) is 3.83. The number of nitrogens with zero attached hydrogens (tertiary/aromatic N) is 1. The molecule has 136 valence electrons. The first-order valence-corrected chi connectivity index (χ1v) is 7.86. The van der Waals surface area contributed by atoms with Crippen molar-refractivity contribution in [3.8, 4) is 5.75 Å². The average Bonchev–Trinajstić information content (AvgIpc) is 2.58. The van der Waals surface area contributed by atoms with Gasteiger partial charge in [-0.25, -0.2) is 4.39 Å². The van der Waals surface area contributed by atoms with Crippen LogP contribution in [-0.2, 0) is 13.1 Å². The van der Waals surface area contributed by atoms with E-state index in [-0.39, 0.29) is 29.8 Å². The van der Waals surface area contributed by atoms with Gasteiger partial charge in [0.2, 0.25) is 0 Å². The molecule has 0 spiro atoms. The van der Waals surface area contributed by atoms with Crippen LogP contribution in [0, 0.1) is 19.7 Å². The summed E-state index contributed by atoms with van der Waals surface area (Å²) in [4.78, 5) is 4.21. The lowest BCUT2D eigenvalue weighted by Gasteiger charge is -2.13. The summed E-state index contributed by atoms with van der Waals surface area (Å²) < 4.78 is 18.6.